The summed E-state index contributed by atoms with van der Waals surface area (Å²) in [4.78, 5) is 13.5. The van der Waals surface area contributed by atoms with Crippen molar-refractivity contribution in [3.8, 4) is 0 Å². The summed E-state index contributed by atoms with van der Waals surface area (Å²) in [5, 5.41) is 12.4. The average Bonchev–Trinajstić information content (AvgIpc) is 2.11. The quantitative estimate of drug-likeness (QED) is 0.710. The van der Waals surface area contributed by atoms with Crippen LogP contribution in [-0.2, 0) is 4.79 Å². The predicted molar refractivity (Wildman–Crippen MR) is 59.6 cm³/mol. The Labute approximate surface area is 91.6 Å². The first-order chi connectivity index (χ1) is 6.85. The number of β-amino-alcohol motifs (C(OH)–C–C–N with tert-alkyl or cyclic N) is 1. The molecule has 1 fully saturated rings. The van der Waals surface area contributed by atoms with Gasteiger partial charge in [-0.2, -0.15) is 0 Å². The molecule has 0 saturated carbocycles. The Morgan fingerprint density at radius 3 is 2.53 bits per heavy atom. The number of carbonyl (C=O) groups excluding carboxylic acids is 1. The van der Waals surface area contributed by atoms with E-state index in [9.17, 15) is 4.79 Å². The van der Waals surface area contributed by atoms with E-state index in [4.69, 9.17) is 5.11 Å². The number of hydrogen-bond donors (Lipinski definition) is 2. The molecule has 1 atom stereocenters. The minimum atomic E-state index is -0.319. The van der Waals surface area contributed by atoms with E-state index >= 15 is 0 Å². The van der Waals surface area contributed by atoms with Gasteiger partial charge in [-0.3, -0.25) is 4.79 Å². The molecule has 1 aliphatic rings. The fourth-order valence-corrected chi connectivity index (χ4v) is 1.66. The average molecular weight is 214 g/mol. The fraction of sp³-hybridized carbons (Fsp3) is 0.909. The molecule has 1 saturated heterocycles. The summed E-state index contributed by atoms with van der Waals surface area (Å²) in [5.41, 5.74) is -0.0153. The zero-order valence-electron chi connectivity index (χ0n) is 10.1. The van der Waals surface area contributed by atoms with E-state index in [1.165, 1.54) is 0 Å². The van der Waals surface area contributed by atoms with Crippen LogP contribution in [0.1, 0.15) is 34.1 Å². The lowest BCUT2D eigenvalue weighted by molar-refractivity contribution is -0.143. The SMILES string of the molecule is CCC(C)(C)NC(C)C(=O)N1CC(O)C1. The van der Waals surface area contributed by atoms with Gasteiger partial charge in [0.25, 0.3) is 0 Å². The number of nitrogens with zero attached hydrogens (tertiary/aromatic N) is 1. The van der Waals surface area contributed by atoms with Crippen molar-refractivity contribution in [2.75, 3.05) is 13.1 Å². The lowest BCUT2D eigenvalue weighted by atomic mass is 10.00. The van der Waals surface area contributed by atoms with Gasteiger partial charge in [0.2, 0.25) is 5.91 Å². The number of hydrogen-bond acceptors (Lipinski definition) is 3. The summed E-state index contributed by atoms with van der Waals surface area (Å²) in [6, 6.07) is -0.174. The van der Waals surface area contributed by atoms with Crippen LogP contribution in [0.5, 0.6) is 0 Å². The molecule has 0 radical (unpaired) electrons. The maximum atomic E-state index is 11.8. The summed E-state index contributed by atoms with van der Waals surface area (Å²) < 4.78 is 0. The van der Waals surface area contributed by atoms with Gasteiger partial charge in [0.05, 0.1) is 12.1 Å². The summed E-state index contributed by atoms with van der Waals surface area (Å²) in [5.74, 6) is 0.0850. The molecule has 1 rings (SSSR count). The van der Waals surface area contributed by atoms with Crippen molar-refractivity contribution in [1.29, 1.82) is 0 Å². The molecule has 0 aliphatic carbocycles. The summed E-state index contributed by atoms with van der Waals surface area (Å²) in [6.45, 7) is 9.11. The van der Waals surface area contributed by atoms with Crippen molar-refractivity contribution in [2.45, 2.75) is 51.8 Å². The van der Waals surface area contributed by atoms with Crippen molar-refractivity contribution in [3.05, 3.63) is 0 Å². The standard InChI is InChI=1S/C11H22N2O2/c1-5-11(3,4)12-8(2)10(15)13-6-9(14)7-13/h8-9,12,14H,5-7H2,1-4H3. The van der Waals surface area contributed by atoms with Crippen LogP contribution in [0.25, 0.3) is 0 Å². The minimum Gasteiger partial charge on any atom is -0.389 e. The Morgan fingerprint density at radius 2 is 2.13 bits per heavy atom. The van der Waals surface area contributed by atoms with Crippen LogP contribution in [0.3, 0.4) is 0 Å². The second-order valence-electron chi connectivity index (χ2n) is 5.00. The van der Waals surface area contributed by atoms with Gasteiger partial charge in [-0.25, -0.2) is 0 Å². The summed E-state index contributed by atoms with van der Waals surface area (Å²) in [7, 11) is 0. The molecular weight excluding hydrogens is 192 g/mol. The smallest absolute Gasteiger partial charge is 0.239 e. The molecule has 1 aliphatic heterocycles. The minimum absolute atomic E-state index is 0.0153. The van der Waals surface area contributed by atoms with E-state index in [0.717, 1.165) is 6.42 Å². The first-order valence-corrected chi connectivity index (χ1v) is 5.60. The van der Waals surface area contributed by atoms with E-state index in [1.807, 2.05) is 6.92 Å². The van der Waals surface area contributed by atoms with E-state index in [2.05, 4.69) is 26.1 Å². The number of carbonyl (C=O) groups is 1. The Bertz CT molecular complexity index is 235. The predicted octanol–water partition coefficient (Wildman–Crippen LogP) is 0.356. The number of aliphatic hydroxyl groups excluding tert-OH is 1. The van der Waals surface area contributed by atoms with Crippen molar-refractivity contribution < 1.29 is 9.90 Å². The number of amides is 1. The van der Waals surface area contributed by atoms with Gasteiger partial charge in [-0.1, -0.05) is 6.92 Å². The lowest BCUT2D eigenvalue weighted by Crippen LogP contribution is -2.60. The molecular formula is C11H22N2O2. The van der Waals surface area contributed by atoms with E-state index < -0.39 is 0 Å². The Hall–Kier alpha value is -0.610. The summed E-state index contributed by atoms with van der Waals surface area (Å²) in [6.07, 6.45) is 0.660. The van der Waals surface area contributed by atoms with Crippen molar-refractivity contribution in [2.24, 2.45) is 0 Å². The molecule has 88 valence electrons. The van der Waals surface area contributed by atoms with E-state index in [-0.39, 0.29) is 23.6 Å². The van der Waals surface area contributed by atoms with Gasteiger partial charge in [0.15, 0.2) is 0 Å². The van der Waals surface area contributed by atoms with Crippen LogP contribution in [-0.4, -0.2) is 46.7 Å². The van der Waals surface area contributed by atoms with Crippen LogP contribution in [0.2, 0.25) is 0 Å². The molecule has 0 aromatic rings. The van der Waals surface area contributed by atoms with Crippen molar-refractivity contribution in [3.63, 3.8) is 0 Å². The zero-order chi connectivity index (χ0) is 11.6. The first kappa shape index (κ1) is 12.5. The highest BCUT2D eigenvalue weighted by Crippen LogP contribution is 2.13. The highest BCUT2D eigenvalue weighted by molar-refractivity contribution is 5.82. The normalized spacial score (nSPS) is 19.9. The third kappa shape index (κ3) is 3.18. The molecule has 0 spiro atoms. The van der Waals surface area contributed by atoms with Crippen LogP contribution in [0.15, 0.2) is 0 Å². The maximum Gasteiger partial charge on any atom is 0.239 e. The Kier molecular flexibility index (Phi) is 3.73. The van der Waals surface area contributed by atoms with Crippen LogP contribution in [0, 0.1) is 0 Å². The molecule has 1 amide bonds. The zero-order valence-corrected chi connectivity index (χ0v) is 10.1. The van der Waals surface area contributed by atoms with Gasteiger partial charge in [0, 0.05) is 18.6 Å². The monoisotopic (exact) mass is 214 g/mol. The number of aliphatic hydroxyl groups is 1. The largest absolute Gasteiger partial charge is 0.389 e. The Morgan fingerprint density at radius 1 is 1.60 bits per heavy atom. The lowest BCUT2D eigenvalue weighted by Gasteiger charge is -2.39. The van der Waals surface area contributed by atoms with Crippen molar-refractivity contribution >= 4 is 5.91 Å². The van der Waals surface area contributed by atoms with Gasteiger partial charge in [-0.05, 0) is 27.2 Å². The fourth-order valence-electron chi connectivity index (χ4n) is 1.66. The van der Waals surface area contributed by atoms with E-state index in [0.29, 0.717) is 13.1 Å². The van der Waals surface area contributed by atoms with Gasteiger partial charge in [0.1, 0.15) is 0 Å². The number of nitrogens with one attached hydrogen (secondary N) is 1. The molecule has 0 bridgehead atoms. The van der Waals surface area contributed by atoms with E-state index in [1.54, 1.807) is 4.90 Å². The molecule has 0 aromatic heterocycles. The van der Waals surface area contributed by atoms with Crippen LogP contribution < -0.4 is 5.32 Å². The van der Waals surface area contributed by atoms with Crippen LogP contribution >= 0.6 is 0 Å². The maximum absolute atomic E-state index is 11.8. The molecule has 4 heteroatoms. The van der Waals surface area contributed by atoms with Crippen LogP contribution in [0.4, 0.5) is 0 Å². The van der Waals surface area contributed by atoms with Gasteiger partial charge >= 0.3 is 0 Å². The van der Waals surface area contributed by atoms with Gasteiger partial charge < -0.3 is 15.3 Å². The number of rotatable bonds is 4. The highest BCUT2D eigenvalue weighted by Gasteiger charge is 2.33. The third-order valence-electron chi connectivity index (χ3n) is 3.04. The molecule has 15 heavy (non-hydrogen) atoms. The molecule has 4 nitrogen and oxygen atoms in total. The second-order valence-corrected chi connectivity index (χ2v) is 5.00. The topological polar surface area (TPSA) is 52.6 Å². The summed E-state index contributed by atoms with van der Waals surface area (Å²) >= 11 is 0. The second kappa shape index (κ2) is 4.49. The molecule has 0 aromatic carbocycles. The van der Waals surface area contributed by atoms with Crippen molar-refractivity contribution in [1.82, 2.24) is 10.2 Å². The Balaban J connectivity index is 2.40. The molecule has 1 heterocycles. The number of likely N-dealkylation sites (tertiary alicyclic amines) is 1. The molecule has 1 unspecified atom stereocenters. The first-order valence-electron chi connectivity index (χ1n) is 5.60. The van der Waals surface area contributed by atoms with Gasteiger partial charge in [-0.15, -0.1) is 0 Å². The third-order valence-corrected chi connectivity index (χ3v) is 3.04. The highest BCUT2D eigenvalue weighted by atomic mass is 16.3. The molecule has 2 N–H and O–H groups in total.